The van der Waals surface area contributed by atoms with Gasteiger partial charge >= 0.3 is 0 Å². The summed E-state index contributed by atoms with van der Waals surface area (Å²) in [4.78, 5) is 26.9. The summed E-state index contributed by atoms with van der Waals surface area (Å²) in [5.41, 5.74) is 0.00639. The van der Waals surface area contributed by atoms with Crippen molar-refractivity contribution in [1.82, 2.24) is 20.0 Å². The Bertz CT molecular complexity index is 429. The Balaban J connectivity index is 2.01. The molecule has 0 bridgehead atoms. The number of likely N-dealkylation sites (N-methyl/N-ethyl adjacent to an activating group) is 1. The van der Waals surface area contributed by atoms with Crippen LogP contribution in [0.2, 0.25) is 0 Å². The van der Waals surface area contributed by atoms with Crippen LogP contribution in [0.4, 0.5) is 0 Å². The van der Waals surface area contributed by atoms with Crippen molar-refractivity contribution >= 4 is 5.91 Å². The first-order valence-corrected chi connectivity index (χ1v) is 5.78. The molecule has 0 radical (unpaired) electrons. The Labute approximate surface area is 99.2 Å². The zero-order valence-electron chi connectivity index (χ0n) is 9.85. The lowest BCUT2D eigenvalue weighted by molar-refractivity contribution is 0.0636. The summed E-state index contributed by atoms with van der Waals surface area (Å²) in [6.07, 6.45) is 0. The third kappa shape index (κ3) is 2.71. The molecule has 1 fully saturated rings. The van der Waals surface area contributed by atoms with Gasteiger partial charge in [0.2, 0.25) is 0 Å². The number of carbonyl (C=O) groups excluding carboxylic acids is 1. The third-order valence-corrected chi connectivity index (χ3v) is 3.00. The summed E-state index contributed by atoms with van der Waals surface area (Å²) >= 11 is 0. The van der Waals surface area contributed by atoms with Crippen LogP contribution in [-0.2, 0) is 0 Å². The van der Waals surface area contributed by atoms with Gasteiger partial charge in [-0.3, -0.25) is 9.59 Å². The van der Waals surface area contributed by atoms with Crippen LogP contribution in [0.3, 0.4) is 0 Å². The third-order valence-electron chi connectivity index (χ3n) is 3.00. The fourth-order valence-electron chi connectivity index (χ4n) is 1.89. The molecule has 2 heterocycles. The molecule has 92 valence electrons. The van der Waals surface area contributed by atoms with E-state index in [0.29, 0.717) is 18.8 Å². The lowest BCUT2D eigenvalue weighted by atomic mass is 10.2. The number of aromatic nitrogens is 2. The van der Waals surface area contributed by atoms with Crippen LogP contribution in [0, 0.1) is 0 Å². The number of H-pyrrole nitrogens is 1. The normalized spacial score (nSPS) is 17.1. The van der Waals surface area contributed by atoms with Crippen molar-refractivity contribution < 1.29 is 4.79 Å². The molecule has 6 nitrogen and oxygen atoms in total. The molecule has 0 aromatic carbocycles. The maximum Gasteiger partial charge on any atom is 0.274 e. The van der Waals surface area contributed by atoms with Crippen LogP contribution in [0.5, 0.6) is 0 Å². The van der Waals surface area contributed by atoms with Gasteiger partial charge in [-0.1, -0.05) is 6.92 Å². The Hall–Kier alpha value is -1.69. The molecular formula is C11H16N4O2. The molecular weight excluding hydrogens is 220 g/mol. The minimum atomic E-state index is -0.294. The monoisotopic (exact) mass is 236 g/mol. The van der Waals surface area contributed by atoms with E-state index in [-0.39, 0.29) is 11.5 Å². The van der Waals surface area contributed by atoms with E-state index in [4.69, 9.17) is 0 Å². The molecule has 2 rings (SSSR count). The first-order valence-electron chi connectivity index (χ1n) is 5.78. The fraction of sp³-hybridized carbons (Fsp3) is 0.545. The molecule has 0 saturated carbocycles. The SMILES string of the molecule is CCN1CCN(C(=O)c2ccc(=O)[nH]n2)CC1. The van der Waals surface area contributed by atoms with Crippen LogP contribution >= 0.6 is 0 Å². The van der Waals surface area contributed by atoms with Crippen molar-refractivity contribution in [3.05, 3.63) is 28.2 Å². The number of nitrogens with one attached hydrogen (secondary N) is 1. The Morgan fingerprint density at radius 1 is 1.35 bits per heavy atom. The lowest BCUT2D eigenvalue weighted by Gasteiger charge is -2.33. The van der Waals surface area contributed by atoms with E-state index in [0.717, 1.165) is 19.6 Å². The Kier molecular flexibility index (Phi) is 3.53. The number of hydrogen-bond acceptors (Lipinski definition) is 4. The van der Waals surface area contributed by atoms with Crippen LogP contribution in [0.1, 0.15) is 17.4 Å². The molecule has 1 aliphatic heterocycles. The molecule has 0 atom stereocenters. The van der Waals surface area contributed by atoms with E-state index < -0.39 is 0 Å². The van der Waals surface area contributed by atoms with Gasteiger partial charge in [0.1, 0.15) is 5.69 Å². The van der Waals surface area contributed by atoms with E-state index in [1.165, 1.54) is 12.1 Å². The van der Waals surface area contributed by atoms with Gasteiger partial charge in [-0.2, -0.15) is 5.10 Å². The smallest absolute Gasteiger partial charge is 0.274 e. The molecule has 1 N–H and O–H groups in total. The summed E-state index contributed by atoms with van der Waals surface area (Å²) in [6.45, 7) is 6.35. The maximum absolute atomic E-state index is 12.0. The average molecular weight is 236 g/mol. The van der Waals surface area contributed by atoms with E-state index in [9.17, 15) is 9.59 Å². The predicted molar refractivity (Wildman–Crippen MR) is 62.9 cm³/mol. The highest BCUT2D eigenvalue weighted by Gasteiger charge is 2.22. The van der Waals surface area contributed by atoms with E-state index in [2.05, 4.69) is 22.0 Å². The van der Waals surface area contributed by atoms with Crippen molar-refractivity contribution in [1.29, 1.82) is 0 Å². The number of hydrogen-bond donors (Lipinski definition) is 1. The summed E-state index contributed by atoms with van der Waals surface area (Å²) in [5.74, 6) is -0.114. The minimum absolute atomic E-state index is 0.114. The summed E-state index contributed by atoms with van der Waals surface area (Å²) in [7, 11) is 0. The number of carbonyl (C=O) groups is 1. The molecule has 1 aliphatic rings. The summed E-state index contributed by atoms with van der Waals surface area (Å²) in [5, 5.41) is 6.03. The largest absolute Gasteiger partial charge is 0.335 e. The average Bonchev–Trinajstić information content (AvgIpc) is 2.39. The number of piperazine rings is 1. The highest BCUT2D eigenvalue weighted by molar-refractivity contribution is 5.92. The Morgan fingerprint density at radius 3 is 2.59 bits per heavy atom. The minimum Gasteiger partial charge on any atom is -0.335 e. The van der Waals surface area contributed by atoms with Crippen LogP contribution in [0.25, 0.3) is 0 Å². The molecule has 1 amide bonds. The van der Waals surface area contributed by atoms with Gasteiger partial charge in [0, 0.05) is 32.2 Å². The van der Waals surface area contributed by atoms with Crippen molar-refractivity contribution in [3.8, 4) is 0 Å². The van der Waals surface area contributed by atoms with Crippen molar-refractivity contribution in [2.24, 2.45) is 0 Å². The quantitative estimate of drug-likeness (QED) is 0.755. The molecule has 0 aliphatic carbocycles. The number of amides is 1. The predicted octanol–water partition coefficient (Wildman–Crippen LogP) is -0.452. The first kappa shape index (κ1) is 11.8. The van der Waals surface area contributed by atoms with Gasteiger partial charge in [0.05, 0.1) is 0 Å². The van der Waals surface area contributed by atoms with Gasteiger partial charge in [0.15, 0.2) is 0 Å². The molecule has 0 spiro atoms. The topological polar surface area (TPSA) is 69.3 Å². The number of rotatable bonds is 2. The number of nitrogens with zero attached hydrogens (tertiary/aromatic N) is 3. The second kappa shape index (κ2) is 5.09. The van der Waals surface area contributed by atoms with Gasteiger partial charge < -0.3 is 9.80 Å². The Morgan fingerprint density at radius 2 is 2.06 bits per heavy atom. The fourth-order valence-corrected chi connectivity index (χ4v) is 1.89. The van der Waals surface area contributed by atoms with Crippen LogP contribution in [0.15, 0.2) is 16.9 Å². The van der Waals surface area contributed by atoms with Gasteiger partial charge in [-0.15, -0.1) is 0 Å². The zero-order chi connectivity index (χ0) is 12.3. The highest BCUT2D eigenvalue weighted by atomic mass is 16.2. The van der Waals surface area contributed by atoms with Gasteiger partial charge in [-0.25, -0.2) is 5.10 Å². The second-order valence-corrected chi connectivity index (χ2v) is 4.03. The highest BCUT2D eigenvalue weighted by Crippen LogP contribution is 2.05. The molecule has 1 saturated heterocycles. The van der Waals surface area contributed by atoms with E-state index in [1.807, 2.05) is 0 Å². The molecule has 6 heteroatoms. The van der Waals surface area contributed by atoms with Crippen LogP contribution < -0.4 is 5.56 Å². The van der Waals surface area contributed by atoms with E-state index >= 15 is 0 Å². The van der Waals surface area contributed by atoms with Crippen LogP contribution in [-0.4, -0.2) is 58.6 Å². The first-order chi connectivity index (χ1) is 8.20. The van der Waals surface area contributed by atoms with Gasteiger partial charge in [-0.05, 0) is 12.6 Å². The summed E-state index contributed by atoms with van der Waals surface area (Å²) in [6, 6.07) is 2.79. The van der Waals surface area contributed by atoms with E-state index in [1.54, 1.807) is 4.90 Å². The number of aromatic amines is 1. The van der Waals surface area contributed by atoms with Crippen molar-refractivity contribution in [3.63, 3.8) is 0 Å². The molecule has 0 unspecified atom stereocenters. The molecule has 1 aromatic heterocycles. The van der Waals surface area contributed by atoms with Gasteiger partial charge in [0.25, 0.3) is 11.5 Å². The van der Waals surface area contributed by atoms with Crippen molar-refractivity contribution in [2.45, 2.75) is 6.92 Å². The zero-order valence-corrected chi connectivity index (χ0v) is 9.85. The lowest BCUT2D eigenvalue weighted by Crippen LogP contribution is -2.48. The summed E-state index contributed by atoms with van der Waals surface area (Å²) < 4.78 is 0. The van der Waals surface area contributed by atoms with Crippen molar-refractivity contribution in [2.75, 3.05) is 32.7 Å². The second-order valence-electron chi connectivity index (χ2n) is 4.03. The molecule has 1 aromatic rings. The standard InChI is InChI=1S/C11H16N4O2/c1-2-14-5-7-15(8-6-14)11(17)9-3-4-10(16)13-12-9/h3-4H,2,5-8H2,1H3,(H,13,16). The molecule has 17 heavy (non-hydrogen) atoms. The maximum atomic E-state index is 12.0.